The second-order valence-electron chi connectivity index (χ2n) is 9.32. The molecule has 3 aromatic carbocycles. The van der Waals surface area contributed by atoms with Crippen LogP contribution >= 0.6 is 15.9 Å². The maximum absolute atomic E-state index is 13.7. The molecule has 0 aliphatic carbocycles. The number of carbonyl (C=O) groups is 1. The first-order valence-corrected chi connectivity index (χ1v) is 13.5. The van der Waals surface area contributed by atoms with Crippen molar-refractivity contribution in [3.63, 3.8) is 0 Å². The van der Waals surface area contributed by atoms with Crippen LogP contribution in [0.25, 0.3) is 22.3 Å². The Morgan fingerprint density at radius 2 is 1.90 bits per heavy atom. The maximum atomic E-state index is 13.7. The minimum absolute atomic E-state index is 0.176. The molecule has 0 spiro atoms. The molecule has 0 aliphatic rings. The summed E-state index contributed by atoms with van der Waals surface area (Å²) in [7, 11) is 1.64. The third kappa shape index (κ3) is 6.02. The smallest absolute Gasteiger partial charge is 0.341 e. The van der Waals surface area contributed by atoms with Crippen LogP contribution in [-0.4, -0.2) is 47.3 Å². The fourth-order valence-electron chi connectivity index (χ4n) is 4.30. The normalized spacial score (nSPS) is 11.4. The van der Waals surface area contributed by atoms with E-state index < -0.39 is 12.6 Å². The van der Waals surface area contributed by atoms with Crippen molar-refractivity contribution in [1.82, 2.24) is 9.66 Å². The van der Waals surface area contributed by atoms with E-state index in [1.165, 1.54) is 10.9 Å². The van der Waals surface area contributed by atoms with Gasteiger partial charge in [-0.2, -0.15) is 9.78 Å². The molecule has 1 N–H and O–H groups in total. The van der Waals surface area contributed by atoms with Crippen LogP contribution in [0, 0.1) is 6.92 Å². The third-order valence-corrected chi connectivity index (χ3v) is 6.78. The van der Waals surface area contributed by atoms with Gasteiger partial charge in [-0.1, -0.05) is 26.0 Å². The number of nitrogens with zero attached hydrogens (tertiary/aromatic N) is 3. The number of fused-ring (bicyclic) bond motifs is 1. The summed E-state index contributed by atoms with van der Waals surface area (Å²) < 4.78 is 18.5. The predicted octanol–water partition coefficient (Wildman–Crippen LogP) is 6.01. The molecule has 10 heteroatoms. The zero-order valence-corrected chi connectivity index (χ0v) is 24.5. The minimum Gasteiger partial charge on any atom is -0.496 e. The van der Waals surface area contributed by atoms with E-state index in [9.17, 15) is 9.59 Å². The van der Waals surface area contributed by atoms with Gasteiger partial charge in [0, 0.05) is 5.56 Å². The van der Waals surface area contributed by atoms with E-state index in [1.807, 2.05) is 32.0 Å². The summed E-state index contributed by atoms with van der Waals surface area (Å²) in [6.07, 6.45) is 1.53. The molecule has 4 aromatic rings. The van der Waals surface area contributed by atoms with Crippen molar-refractivity contribution < 1.29 is 24.1 Å². The van der Waals surface area contributed by atoms with Crippen molar-refractivity contribution >= 4 is 39.0 Å². The summed E-state index contributed by atoms with van der Waals surface area (Å²) in [6, 6.07) is 14.5. The number of aromatic nitrogens is 2. The van der Waals surface area contributed by atoms with Crippen LogP contribution < -0.4 is 19.8 Å². The van der Waals surface area contributed by atoms with Crippen LogP contribution in [0.3, 0.4) is 0 Å². The van der Waals surface area contributed by atoms with Crippen LogP contribution in [0.2, 0.25) is 0 Å². The van der Waals surface area contributed by atoms with Gasteiger partial charge in [-0.05, 0) is 88.8 Å². The molecule has 1 heterocycles. The van der Waals surface area contributed by atoms with Crippen LogP contribution in [0.1, 0.15) is 43.4 Å². The van der Waals surface area contributed by atoms with Crippen molar-refractivity contribution in [3.05, 3.63) is 80.0 Å². The highest BCUT2D eigenvalue weighted by atomic mass is 79.9. The number of halogens is 1. The molecule has 0 fully saturated rings. The topological polar surface area (TPSA) is 112 Å². The average molecular weight is 608 g/mol. The zero-order chi connectivity index (χ0) is 29.0. The number of benzene rings is 3. The lowest BCUT2D eigenvalue weighted by Gasteiger charge is -2.17. The Labute approximate surface area is 240 Å². The standard InChI is InChI=1S/C30H30BrN3O6/c1-6-39-26-13-19(12-23(31)28(26)40-16-27(35)36)15-32-34-29(33-24-10-8-7-9-20(24)30(34)37)22-14-21(17(2)3)25(38-5)11-18(22)4/h7-15,17H,6,16H2,1-5H3,(H,35,36). The van der Waals surface area contributed by atoms with Gasteiger partial charge in [-0.25, -0.2) is 9.78 Å². The highest BCUT2D eigenvalue weighted by molar-refractivity contribution is 9.10. The van der Waals surface area contributed by atoms with Gasteiger partial charge >= 0.3 is 5.97 Å². The summed E-state index contributed by atoms with van der Waals surface area (Å²) in [6.45, 7) is 7.72. The fraction of sp³-hybridized carbons (Fsp3) is 0.267. The van der Waals surface area contributed by atoms with E-state index in [-0.39, 0.29) is 17.2 Å². The van der Waals surface area contributed by atoms with Gasteiger partial charge < -0.3 is 19.3 Å². The Morgan fingerprint density at radius 1 is 1.15 bits per heavy atom. The molecule has 1 aromatic heterocycles. The lowest BCUT2D eigenvalue weighted by Crippen LogP contribution is -2.21. The lowest BCUT2D eigenvalue weighted by atomic mass is 9.96. The Bertz CT molecular complexity index is 1660. The third-order valence-electron chi connectivity index (χ3n) is 6.19. The summed E-state index contributed by atoms with van der Waals surface area (Å²) in [4.78, 5) is 29.6. The summed E-state index contributed by atoms with van der Waals surface area (Å²) in [5, 5.41) is 14.0. The zero-order valence-electron chi connectivity index (χ0n) is 22.9. The van der Waals surface area contributed by atoms with Crippen molar-refractivity contribution in [2.75, 3.05) is 20.3 Å². The number of hydrogen-bond acceptors (Lipinski definition) is 7. The van der Waals surface area contributed by atoms with Gasteiger partial charge in [0.25, 0.3) is 5.56 Å². The van der Waals surface area contributed by atoms with Crippen molar-refractivity contribution in [2.24, 2.45) is 5.10 Å². The number of ether oxygens (including phenoxy) is 3. The monoisotopic (exact) mass is 607 g/mol. The maximum Gasteiger partial charge on any atom is 0.341 e. The van der Waals surface area contributed by atoms with Gasteiger partial charge in [0.15, 0.2) is 23.9 Å². The van der Waals surface area contributed by atoms with Gasteiger partial charge in [-0.15, -0.1) is 0 Å². The molecule has 0 unspecified atom stereocenters. The van der Waals surface area contributed by atoms with E-state index >= 15 is 0 Å². The Hall–Kier alpha value is -4.18. The van der Waals surface area contributed by atoms with Gasteiger partial charge in [0.2, 0.25) is 0 Å². The predicted molar refractivity (Wildman–Crippen MR) is 158 cm³/mol. The number of rotatable bonds is 10. The first-order valence-electron chi connectivity index (χ1n) is 12.7. The molecule has 0 amide bonds. The molecular formula is C30H30BrN3O6. The largest absolute Gasteiger partial charge is 0.496 e. The molecule has 40 heavy (non-hydrogen) atoms. The Balaban J connectivity index is 1.90. The fourth-order valence-corrected chi connectivity index (χ4v) is 4.87. The Kier molecular flexibility index (Phi) is 8.89. The molecular weight excluding hydrogens is 578 g/mol. The minimum atomic E-state index is -1.11. The first-order chi connectivity index (χ1) is 19.1. The first kappa shape index (κ1) is 28.8. The van der Waals surface area contributed by atoms with Crippen molar-refractivity contribution in [2.45, 2.75) is 33.6 Å². The molecule has 0 radical (unpaired) electrons. The van der Waals surface area contributed by atoms with Crippen LogP contribution in [0.5, 0.6) is 17.2 Å². The highest BCUT2D eigenvalue weighted by Crippen LogP contribution is 2.37. The molecule has 9 nitrogen and oxygen atoms in total. The SMILES string of the molecule is CCOc1cc(C=Nn2c(-c3cc(C(C)C)c(OC)cc3C)nc3ccccc3c2=O)cc(Br)c1OCC(=O)O. The lowest BCUT2D eigenvalue weighted by molar-refractivity contribution is -0.139. The average Bonchev–Trinajstić information content (AvgIpc) is 2.91. The summed E-state index contributed by atoms with van der Waals surface area (Å²) in [5.41, 5.74) is 3.48. The van der Waals surface area contributed by atoms with Crippen molar-refractivity contribution in [1.29, 1.82) is 0 Å². The number of carboxylic acids is 1. The number of para-hydroxylation sites is 1. The summed E-state index contributed by atoms with van der Waals surface area (Å²) in [5.74, 6) is 0.846. The molecule has 0 aliphatic heterocycles. The molecule has 0 saturated carbocycles. The number of aryl methyl sites for hydroxylation is 1. The second-order valence-corrected chi connectivity index (χ2v) is 10.2. The second kappa shape index (κ2) is 12.3. The molecule has 4 rings (SSSR count). The van der Waals surface area contributed by atoms with Crippen LogP contribution in [0.15, 0.2) is 62.9 Å². The quantitative estimate of drug-likeness (QED) is 0.220. The van der Waals surface area contributed by atoms with E-state index in [2.05, 4.69) is 34.9 Å². The van der Waals surface area contributed by atoms with Gasteiger partial charge in [0.1, 0.15) is 5.75 Å². The molecule has 208 valence electrons. The molecule has 0 saturated heterocycles. The van der Waals surface area contributed by atoms with Gasteiger partial charge in [0.05, 0.1) is 35.3 Å². The van der Waals surface area contributed by atoms with Crippen LogP contribution in [-0.2, 0) is 4.79 Å². The number of hydrogen-bond donors (Lipinski definition) is 1. The van der Waals surface area contributed by atoms with E-state index in [0.717, 1.165) is 22.4 Å². The van der Waals surface area contributed by atoms with E-state index in [0.29, 0.717) is 39.1 Å². The number of methoxy groups -OCH3 is 1. The molecule has 0 bridgehead atoms. The molecule has 0 atom stereocenters. The summed E-state index contributed by atoms with van der Waals surface area (Å²) >= 11 is 3.43. The van der Waals surface area contributed by atoms with Crippen molar-refractivity contribution in [3.8, 4) is 28.6 Å². The van der Waals surface area contributed by atoms with E-state index in [1.54, 1.807) is 37.4 Å². The number of aliphatic carboxylic acids is 1. The van der Waals surface area contributed by atoms with E-state index in [4.69, 9.17) is 24.3 Å². The van der Waals surface area contributed by atoms with Crippen LogP contribution in [0.4, 0.5) is 0 Å². The number of carboxylic acid groups (broad SMARTS) is 1. The Morgan fingerprint density at radius 3 is 2.58 bits per heavy atom. The van der Waals surface area contributed by atoms with Gasteiger partial charge in [-0.3, -0.25) is 4.79 Å². The highest BCUT2D eigenvalue weighted by Gasteiger charge is 2.19.